The minimum atomic E-state index is -0.633. The van der Waals surface area contributed by atoms with Gasteiger partial charge in [0.2, 0.25) is 0 Å². The van der Waals surface area contributed by atoms with Gasteiger partial charge >= 0.3 is 5.82 Å². The second-order valence-corrected chi connectivity index (χ2v) is 1.52. The number of nitrogens with two attached hydrogens (primary N) is 1. The van der Waals surface area contributed by atoms with Crippen LogP contribution in [-0.4, -0.2) is 12.0 Å². The topological polar surface area (TPSA) is 81.2 Å². The van der Waals surface area contributed by atoms with Gasteiger partial charge in [-0.25, -0.2) is 0 Å². The highest BCUT2D eigenvalue weighted by atomic mass is 16.6. The summed E-state index contributed by atoms with van der Waals surface area (Å²) in [5, 5.41) is 12.4. The Balaban J connectivity index is 4.28. The Morgan fingerprint density at radius 1 is 1.78 bits per heavy atom. The van der Waals surface area contributed by atoms with Crippen LogP contribution in [0.1, 0.15) is 6.92 Å². The molecule has 0 heterocycles. The van der Waals surface area contributed by atoms with Crippen LogP contribution < -0.4 is 11.1 Å². The predicted octanol–water partition coefficient (Wildman–Crippen LogP) is -0.370. The highest BCUT2D eigenvalue weighted by Gasteiger charge is 2.03. The summed E-state index contributed by atoms with van der Waals surface area (Å²) in [7, 11) is 1.58. The molecule has 0 aliphatic carbocycles. The van der Waals surface area contributed by atoms with E-state index in [0.29, 0.717) is 5.70 Å². The summed E-state index contributed by atoms with van der Waals surface area (Å²) in [6.07, 6.45) is 0. The van der Waals surface area contributed by atoms with Crippen molar-refractivity contribution in [2.75, 3.05) is 7.05 Å². The van der Waals surface area contributed by atoms with Crippen molar-refractivity contribution in [2.45, 2.75) is 6.92 Å². The summed E-state index contributed by atoms with van der Waals surface area (Å²) in [4.78, 5) is 9.25. The van der Waals surface area contributed by atoms with E-state index >= 15 is 0 Å². The van der Waals surface area contributed by atoms with Gasteiger partial charge in [-0.2, -0.15) is 0 Å². The molecule has 0 aromatic heterocycles. The highest BCUT2D eigenvalue weighted by Crippen LogP contribution is 1.90. The van der Waals surface area contributed by atoms with Crippen molar-refractivity contribution in [1.29, 1.82) is 0 Å². The van der Waals surface area contributed by atoms with Crippen molar-refractivity contribution in [3.8, 4) is 0 Å². The van der Waals surface area contributed by atoms with E-state index in [9.17, 15) is 10.1 Å². The highest BCUT2D eigenvalue weighted by molar-refractivity contribution is 4.97. The molecule has 0 unspecified atom stereocenters. The van der Waals surface area contributed by atoms with E-state index in [1.165, 1.54) is 6.92 Å². The molecule has 9 heavy (non-hydrogen) atoms. The Kier molecular flexibility index (Phi) is 2.50. The molecular formula is C4H9N3O2. The predicted molar refractivity (Wildman–Crippen MR) is 32.9 cm³/mol. The zero-order chi connectivity index (χ0) is 7.44. The number of nitro groups is 1. The summed E-state index contributed by atoms with van der Waals surface area (Å²) >= 11 is 0. The van der Waals surface area contributed by atoms with E-state index in [0.717, 1.165) is 0 Å². The van der Waals surface area contributed by atoms with Gasteiger partial charge in [-0.05, 0) is 11.8 Å². The quantitative estimate of drug-likeness (QED) is 0.395. The van der Waals surface area contributed by atoms with Gasteiger partial charge in [-0.1, -0.05) is 0 Å². The molecule has 0 aliphatic rings. The lowest BCUT2D eigenvalue weighted by Crippen LogP contribution is -2.17. The summed E-state index contributed by atoms with van der Waals surface area (Å²) in [6, 6.07) is 0. The Labute approximate surface area is 52.7 Å². The fraction of sp³-hybridized carbons (Fsp3) is 0.500. The molecular weight excluding hydrogens is 122 g/mol. The molecule has 0 aliphatic heterocycles. The molecule has 0 radical (unpaired) electrons. The normalized spacial score (nSPS) is 12.2. The van der Waals surface area contributed by atoms with Crippen molar-refractivity contribution in [1.82, 2.24) is 5.32 Å². The second-order valence-electron chi connectivity index (χ2n) is 1.52. The van der Waals surface area contributed by atoms with Crippen LogP contribution in [0.25, 0.3) is 0 Å². The number of hydrogen-bond acceptors (Lipinski definition) is 4. The molecule has 3 N–H and O–H groups in total. The number of allylic oxidation sites excluding steroid dienone is 1. The Morgan fingerprint density at radius 3 is 2.33 bits per heavy atom. The Hall–Kier alpha value is -1.26. The van der Waals surface area contributed by atoms with E-state index in [2.05, 4.69) is 5.32 Å². The van der Waals surface area contributed by atoms with Crippen molar-refractivity contribution in [3.05, 3.63) is 21.6 Å². The van der Waals surface area contributed by atoms with Gasteiger partial charge in [-0.15, -0.1) is 0 Å². The third-order valence-electron chi connectivity index (χ3n) is 0.956. The van der Waals surface area contributed by atoms with Gasteiger partial charge in [0, 0.05) is 7.05 Å². The van der Waals surface area contributed by atoms with Crippen molar-refractivity contribution >= 4 is 0 Å². The fourth-order valence-electron chi connectivity index (χ4n) is 0.265. The Bertz CT molecular complexity index is 152. The average Bonchev–Trinajstić information content (AvgIpc) is 1.84. The third-order valence-corrected chi connectivity index (χ3v) is 0.956. The maximum atomic E-state index is 9.88. The number of hydrogen-bond donors (Lipinski definition) is 2. The van der Waals surface area contributed by atoms with Gasteiger partial charge in [0.25, 0.3) is 0 Å². The molecule has 0 rings (SSSR count). The molecule has 5 heteroatoms. The first kappa shape index (κ1) is 7.74. The maximum Gasteiger partial charge on any atom is 0.332 e. The third kappa shape index (κ3) is 1.98. The molecule has 0 atom stereocenters. The lowest BCUT2D eigenvalue weighted by molar-refractivity contribution is -0.428. The molecule has 0 aromatic carbocycles. The van der Waals surface area contributed by atoms with Gasteiger partial charge < -0.3 is 15.4 Å². The SMILES string of the molecule is CNC(C)=C(N)[N+](=O)[O-]. The second kappa shape index (κ2) is 2.91. The van der Waals surface area contributed by atoms with Crippen LogP contribution in [0.2, 0.25) is 0 Å². The van der Waals surface area contributed by atoms with Crippen LogP contribution in [0, 0.1) is 10.1 Å². The van der Waals surface area contributed by atoms with Crippen LogP contribution in [-0.2, 0) is 0 Å². The molecule has 0 bridgehead atoms. The monoisotopic (exact) mass is 131 g/mol. The molecule has 52 valence electrons. The van der Waals surface area contributed by atoms with E-state index in [1.807, 2.05) is 0 Å². The van der Waals surface area contributed by atoms with Crippen molar-refractivity contribution in [2.24, 2.45) is 5.73 Å². The summed E-state index contributed by atoms with van der Waals surface area (Å²) in [5.41, 5.74) is 5.36. The van der Waals surface area contributed by atoms with Crippen LogP contribution in [0.4, 0.5) is 0 Å². The van der Waals surface area contributed by atoms with Crippen LogP contribution in [0.15, 0.2) is 11.5 Å². The zero-order valence-electron chi connectivity index (χ0n) is 5.34. The average molecular weight is 131 g/mol. The zero-order valence-corrected chi connectivity index (χ0v) is 5.34. The van der Waals surface area contributed by atoms with Gasteiger partial charge in [-0.3, -0.25) is 5.73 Å². The molecule has 0 aromatic rings. The molecule has 0 amide bonds. The smallest absolute Gasteiger partial charge is 0.332 e. The van der Waals surface area contributed by atoms with Crippen molar-refractivity contribution < 1.29 is 4.92 Å². The first-order chi connectivity index (χ1) is 4.09. The first-order valence-corrected chi connectivity index (χ1v) is 2.38. The number of nitrogens with zero attached hydrogens (tertiary/aromatic N) is 1. The lowest BCUT2D eigenvalue weighted by Gasteiger charge is -1.98. The van der Waals surface area contributed by atoms with Gasteiger partial charge in [0.15, 0.2) is 0 Å². The van der Waals surface area contributed by atoms with E-state index in [-0.39, 0.29) is 5.82 Å². The standard InChI is InChI=1S/C4H9N3O2/c1-3(6-2)4(5)7(8)9/h6H,5H2,1-2H3. The fourth-order valence-corrected chi connectivity index (χ4v) is 0.265. The van der Waals surface area contributed by atoms with Crippen molar-refractivity contribution in [3.63, 3.8) is 0 Å². The van der Waals surface area contributed by atoms with Crippen LogP contribution in [0.5, 0.6) is 0 Å². The van der Waals surface area contributed by atoms with Gasteiger partial charge in [0.05, 0.1) is 0 Å². The molecule has 0 fully saturated rings. The van der Waals surface area contributed by atoms with Gasteiger partial charge in [0.1, 0.15) is 5.70 Å². The summed E-state index contributed by atoms with van der Waals surface area (Å²) in [5.74, 6) is -0.336. The molecule has 0 spiro atoms. The summed E-state index contributed by atoms with van der Waals surface area (Å²) < 4.78 is 0. The summed E-state index contributed by atoms with van der Waals surface area (Å²) in [6.45, 7) is 1.54. The van der Waals surface area contributed by atoms with Crippen LogP contribution in [0.3, 0.4) is 0 Å². The molecule has 0 saturated heterocycles. The minimum absolute atomic E-state index is 0.336. The first-order valence-electron chi connectivity index (χ1n) is 2.38. The Morgan fingerprint density at radius 2 is 2.22 bits per heavy atom. The van der Waals surface area contributed by atoms with E-state index in [4.69, 9.17) is 5.73 Å². The van der Waals surface area contributed by atoms with Crippen LogP contribution >= 0.6 is 0 Å². The molecule has 5 nitrogen and oxygen atoms in total. The lowest BCUT2D eigenvalue weighted by atomic mass is 10.5. The minimum Gasteiger partial charge on any atom is -0.385 e. The number of rotatable bonds is 2. The largest absolute Gasteiger partial charge is 0.385 e. The number of nitrogens with one attached hydrogen (secondary N) is 1. The van der Waals surface area contributed by atoms with E-state index in [1.54, 1.807) is 7.05 Å². The molecule has 0 saturated carbocycles. The van der Waals surface area contributed by atoms with E-state index < -0.39 is 4.92 Å². The maximum absolute atomic E-state index is 9.88.